The molecule has 0 saturated carbocycles. The van der Waals surface area contributed by atoms with Crippen LogP contribution < -0.4 is 5.32 Å². The summed E-state index contributed by atoms with van der Waals surface area (Å²) in [4.78, 5) is 2.77. The highest BCUT2D eigenvalue weighted by atomic mass is 16.5. The van der Waals surface area contributed by atoms with Gasteiger partial charge in [0.25, 0.3) is 0 Å². The minimum atomic E-state index is 0.0556. The van der Waals surface area contributed by atoms with E-state index in [1.165, 1.54) is 39.2 Å². The normalized spacial score (nSPS) is 31.6. The Kier molecular flexibility index (Phi) is 6.35. The highest BCUT2D eigenvalue weighted by Crippen LogP contribution is 2.53. The number of rotatable bonds is 4. The van der Waals surface area contributed by atoms with Gasteiger partial charge in [0.05, 0.1) is 12.6 Å². The molecule has 0 amide bonds. The van der Waals surface area contributed by atoms with E-state index in [1.54, 1.807) is 5.57 Å². The molecule has 6 aliphatic rings. The Balaban J connectivity index is 1.34. The molecular weight excluding hydrogens is 476 g/mol. The van der Waals surface area contributed by atoms with Gasteiger partial charge in [0, 0.05) is 40.4 Å². The molecule has 0 saturated heterocycles. The van der Waals surface area contributed by atoms with Crippen molar-refractivity contribution < 1.29 is 4.74 Å². The number of hydrogen-bond donors (Lipinski definition) is 1. The molecule has 3 heteroatoms. The first kappa shape index (κ1) is 24.7. The molecule has 1 aromatic carbocycles. The van der Waals surface area contributed by atoms with E-state index in [0.717, 1.165) is 44.4 Å². The average molecular weight is 517 g/mol. The van der Waals surface area contributed by atoms with E-state index < -0.39 is 0 Å². The number of hydrogen-bond acceptors (Lipinski definition) is 3. The van der Waals surface area contributed by atoms with Crippen molar-refractivity contribution in [3.8, 4) is 0 Å². The second-order valence-electron chi connectivity index (χ2n) is 11.8. The van der Waals surface area contributed by atoms with Crippen molar-refractivity contribution in [3.63, 3.8) is 0 Å². The molecule has 0 bridgehead atoms. The second kappa shape index (κ2) is 10.0. The number of nitrogens with one attached hydrogen (secondary N) is 1. The number of ether oxygens (including phenoxy) is 1. The fraction of sp³-hybridized carbons (Fsp3) is 0.389. The van der Waals surface area contributed by atoms with Crippen molar-refractivity contribution in [3.05, 3.63) is 124 Å². The molecule has 7 rings (SSSR count). The lowest BCUT2D eigenvalue weighted by Crippen LogP contribution is -2.42. The van der Waals surface area contributed by atoms with Gasteiger partial charge in [-0.1, -0.05) is 85.9 Å². The van der Waals surface area contributed by atoms with Gasteiger partial charge in [-0.25, -0.2) is 0 Å². The van der Waals surface area contributed by atoms with Crippen molar-refractivity contribution in [1.29, 1.82) is 0 Å². The maximum absolute atomic E-state index is 6.95. The highest BCUT2D eigenvalue weighted by Gasteiger charge is 2.49. The molecule has 200 valence electrons. The van der Waals surface area contributed by atoms with Crippen LogP contribution in [0.4, 0.5) is 0 Å². The van der Waals surface area contributed by atoms with Crippen LogP contribution in [-0.2, 0) is 4.74 Å². The Hall–Kier alpha value is -3.30. The van der Waals surface area contributed by atoms with Gasteiger partial charge in [0.15, 0.2) is 0 Å². The first-order valence-corrected chi connectivity index (χ1v) is 15.0. The maximum atomic E-state index is 6.95. The molecule has 3 heterocycles. The van der Waals surface area contributed by atoms with Crippen molar-refractivity contribution in [2.75, 3.05) is 6.54 Å². The zero-order valence-corrected chi connectivity index (χ0v) is 23.5. The fourth-order valence-corrected chi connectivity index (χ4v) is 7.65. The molecule has 5 atom stereocenters. The maximum Gasteiger partial charge on any atom is 0.132 e. The lowest BCUT2D eigenvalue weighted by atomic mass is 9.75. The third-order valence-corrected chi connectivity index (χ3v) is 9.50. The van der Waals surface area contributed by atoms with Gasteiger partial charge in [-0.2, -0.15) is 0 Å². The van der Waals surface area contributed by atoms with Crippen LogP contribution in [0.2, 0.25) is 0 Å². The Morgan fingerprint density at radius 2 is 1.82 bits per heavy atom. The van der Waals surface area contributed by atoms with E-state index in [2.05, 4.69) is 110 Å². The smallest absolute Gasteiger partial charge is 0.132 e. The summed E-state index contributed by atoms with van der Waals surface area (Å²) in [7, 11) is 0. The van der Waals surface area contributed by atoms with Gasteiger partial charge in [-0.15, -0.1) is 0 Å². The monoisotopic (exact) mass is 516 g/mol. The average Bonchev–Trinajstić information content (AvgIpc) is 3.43. The summed E-state index contributed by atoms with van der Waals surface area (Å²) < 4.78 is 6.95. The lowest BCUT2D eigenvalue weighted by Gasteiger charge is -2.41. The topological polar surface area (TPSA) is 24.5 Å². The Morgan fingerprint density at radius 1 is 0.974 bits per heavy atom. The number of fused-ring (bicyclic) bond motifs is 2. The molecule has 3 aliphatic heterocycles. The van der Waals surface area contributed by atoms with Crippen LogP contribution in [0.5, 0.6) is 0 Å². The Labute approximate surface area is 233 Å². The van der Waals surface area contributed by atoms with Gasteiger partial charge in [-0.3, -0.25) is 0 Å². The van der Waals surface area contributed by atoms with E-state index in [0.29, 0.717) is 12.0 Å². The van der Waals surface area contributed by atoms with Crippen LogP contribution >= 0.6 is 0 Å². The van der Waals surface area contributed by atoms with Crippen LogP contribution in [0.15, 0.2) is 118 Å². The minimum absolute atomic E-state index is 0.0556. The summed E-state index contributed by atoms with van der Waals surface area (Å²) in [6.45, 7) is 7.70. The predicted octanol–water partition coefficient (Wildman–Crippen LogP) is 7.77. The third kappa shape index (κ3) is 4.05. The highest BCUT2D eigenvalue weighted by molar-refractivity contribution is 5.80. The summed E-state index contributed by atoms with van der Waals surface area (Å²) in [6, 6.07) is 11.6. The van der Waals surface area contributed by atoms with Gasteiger partial charge < -0.3 is 15.0 Å². The molecule has 1 N–H and O–H groups in total. The van der Waals surface area contributed by atoms with Crippen LogP contribution in [0.25, 0.3) is 5.57 Å². The second-order valence-corrected chi connectivity index (χ2v) is 11.8. The number of allylic oxidation sites excluding steroid dienone is 9. The molecule has 0 radical (unpaired) electrons. The number of nitrogens with zero attached hydrogens (tertiary/aromatic N) is 1. The lowest BCUT2D eigenvalue weighted by molar-refractivity contribution is 0.128. The fourth-order valence-electron chi connectivity index (χ4n) is 7.65. The van der Waals surface area contributed by atoms with Gasteiger partial charge in [0.1, 0.15) is 11.9 Å². The Morgan fingerprint density at radius 3 is 2.67 bits per heavy atom. The SMILES string of the molecule is CC[C@@H]1C2=C(CCC=C2)N(C2=CCCC=C2c2ccccc2)C1C1=C(C)C=CC2C3=C(CNC(C)C=C3)OC12. The molecule has 0 fully saturated rings. The van der Waals surface area contributed by atoms with Crippen LogP contribution in [0, 0.1) is 11.8 Å². The molecule has 39 heavy (non-hydrogen) atoms. The quantitative estimate of drug-likeness (QED) is 0.442. The van der Waals surface area contributed by atoms with Crippen molar-refractivity contribution in [2.24, 2.45) is 11.8 Å². The molecular formula is C36H40N2O. The zero-order valence-electron chi connectivity index (χ0n) is 23.5. The van der Waals surface area contributed by atoms with Crippen LogP contribution in [0.3, 0.4) is 0 Å². The van der Waals surface area contributed by atoms with E-state index in [-0.39, 0.29) is 18.1 Å². The predicted molar refractivity (Wildman–Crippen MR) is 160 cm³/mol. The first-order valence-electron chi connectivity index (χ1n) is 15.0. The summed E-state index contributed by atoms with van der Waals surface area (Å²) in [5.41, 5.74) is 11.4. The standard InChI is InChI=1S/C36H40N2O/c1-4-26-28-15-9-11-17-32(28)38(31-16-10-8-14-27(31)25-12-6-5-7-13-25)35(26)34-23(2)18-20-30-29-21-19-24(3)37-22-33(29)39-36(30)34/h5-7,9,12-16,18-21,24,26,30,35-37H,4,8,10-11,17,22H2,1-3H3/t24?,26-,30?,35?,36?/m1/s1. The van der Waals surface area contributed by atoms with Crippen LogP contribution in [0.1, 0.15) is 58.4 Å². The van der Waals surface area contributed by atoms with Crippen molar-refractivity contribution in [2.45, 2.75) is 71.1 Å². The van der Waals surface area contributed by atoms with Gasteiger partial charge >= 0.3 is 0 Å². The molecule has 3 nitrogen and oxygen atoms in total. The van der Waals surface area contributed by atoms with E-state index in [1.807, 2.05) is 0 Å². The molecule has 0 spiro atoms. The van der Waals surface area contributed by atoms with Gasteiger partial charge in [-0.05, 0) is 68.2 Å². The summed E-state index contributed by atoms with van der Waals surface area (Å²) in [5, 5.41) is 3.61. The molecule has 1 aromatic rings. The largest absolute Gasteiger partial charge is 0.488 e. The minimum Gasteiger partial charge on any atom is -0.488 e. The van der Waals surface area contributed by atoms with Crippen molar-refractivity contribution >= 4 is 5.57 Å². The molecule has 4 unspecified atom stereocenters. The number of benzene rings is 1. The summed E-state index contributed by atoms with van der Waals surface area (Å²) in [6.07, 6.45) is 24.8. The molecule has 3 aliphatic carbocycles. The van der Waals surface area contributed by atoms with E-state index >= 15 is 0 Å². The molecule has 0 aromatic heterocycles. The van der Waals surface area contributed by atoms with Gasteiger partial charge in [0.2, 0.25) is 0 Å². The van der Waals surface area contributed by atoms with Crippen molar-refractivity contribution in [1.82, 2.24) is 10.2 Å². The Bertz CT molecular complexity index is 1410. The van der Waals surface area contributed by atoms with Crippen LogP contribution in [-0.4, -0.2) is 29.6 Å². The third-order valence-electron chi connectivity index (χ3n) is 9.50. The van der Waals surface area contributed by atoms with E-state index in [9.17, 15) is 0 Å². The van der Waals surface area contributed by atoms with E-state index in [4.69, 9.17) is 4.74 Å². The summed E-state index contributed by atoms with van der Waals surface area (Å²) >= 11 is 0. The first-order chi connectivity index (χ1) is 19.2. The zero-order chi connectivity index (χ0) is 26.5. The summed E-state index contributed by atoms with van der Waals surface area (Å²) in [5.74, 6) is 1.85.